The lowest BCUT2D eigenvalue weighted by Crippen LogP contribution is -2.01. The molecule has 5 aromatic carbocycles. The molecule has 0 aliphatic rings. The van der Waals surface area contributed by atoms with Gasteiger partial charge >= 0.3 is 0 Å². The van der Waals surface area contributed by atoms with E-state index in [-0.39, 0.29) is 0 Å². The monoisotopic (exact) mass is 413 g/mol. The second-order valence-corrected chi connectivity index (χ2v) is 8.31. The van der Waals surface area contributed by atoms with Crippen LogP contribution in [0.1, 0.15) is 11.1 Å². The zero-order valence-corrected chi connectivity index (χ0v) is 17.9. The SMILES string of the molecule is Cc1ccc2ccc(-c3cccc4c3oc3ccccc34)cc2c1NCc1ccccc1. The van der Waals surface area contributed by atoms with E-state index >= 15 is 0 Å². The Bertz CT molecular complexity index is 1580. The van der Waals surface area contributed by atoms with Gasteiger partial charge < -0.3 is 9.73 Å². The van der Waals surface area contributed by atoms with E-state index in [0.29, 0.717) is 0 Å². The lowest BCUT2D eigenvalue weighted by molar-refractivity contribution is 0.670. The van der Waals surface area contributed by atoms with Crippen molar-refractivity contribution in [1.29, 1.82) is 0 Å². The van der Waals surface area contributed by atoms with Crippen molar-refractivity contribution in [3.05, 3.63) is 114 Å². The predicted octanol–water partition coefficient (Wildman–Crippen LogP) is 8.33. The van der Waals surface area contributed by atoms with Crippen molar-refractivity contribution in [3.63, 3.8) is 0 Å². The highest BCUT2D eigenvalue weighted by Crippen LogP contribution is 2.38. The summed E-state index contributed by atoms with van der Waals surface area (Å²) in [4.78, 5) is 0. The summed E-state index contributed by atoms with van der Waals surface area (Å²) in [5.41, 5.74) is 7.85. The maximum absolute atomic E-state index is 6.29. The number of hydrogen-bond donors (Lipinski definition) is 1. The first-order chi connectivity index (χ1) is 15.8. The Morgan fingerprint density at radius 1 is 0.688 bits per heavy atom. The lowest BCUT2D eigenvalue weighted by Gasteiger charge is -2.14. The summed E-state index contributed by atoms with van der Waals surface area (Å²) < 4.78 is 6.29. The number of para-hydroxylation sites is 2. The molecular weight excluding hydrogens is 390 g/mol. The summed E-state index contributed by atoms with van der Waals surface area (Å²) >= 11 is 0. The second-order valence-electron chi connectivity index (χ2n) is 8.31. The molecular formula is C30H23NO. The van der Waals surface area contributed by atoms with Gasteiger partial charge in [-0.15, -0.1) is 0 Å². The number of furan rings is 1. The molecule has 0 fully saturated rings. The average Bonchev–Trinajstić information content (AvgIpc) is 3.23. The van der Waals surface area contributed by atoms with Crippen LogP contribution in [0.15, 0.2) is 108 Å². The van der Waals surface area contributed by atoms with Gasteiger partial charge in [-0.05, 0) is 41.1 Å². The minimum Gasteiger partial charge on any atom is -0.455 e. The van der Waals surface area contributed by atoms with Gasteiger partial charge in [0.2, 0.25) is 0 Å². The van der Waals surface area contributed by atoms with Crippen LogP contribution in [-0.2, 0) is 6.54 Å². The Kier molecular flexibility index (Phi) is 4.43. The maximum atomic E-state index is 6.29. The summed E-state index contributed by atoms with van der Waals surface area (Å²) in [6, 6.07) is 36.3. The van der Waals surface area contributed by atoms with Crippen molar-refractivity contribution >= 4 is 38.4 Å². The zero-order chi connectivity index (χ0) is 21.5. The Balaban J connectivity index is 1.49. The smallest absolute Gasteiger partial charge is 0.143 e. The Morgan fingerprint density at radius 2 is 1.47 bits per heavy atom. The quantitative estimate of drug-likeness (QED) is 0.314. The minimum absolute atomic E-state index is 0.796. The molecule has 2 heteroatoms. The van der Waals surface area contributed by atoms with Gasteiger partial charge in [-0.3, -0.25) is 0 Å². The van der Waals surface area contributed by atoms with Crippen molar-refractivity contribution in [2.45, 2.75) is 13.5 Å². The van der Waals surface area contributed by atoms with Crippen LogP contribution in [0.5, 0.6) is 0 Å². The van der Waals surface area contributed by atoms with Crippen molar-refractivity contribution in [1.82, 2.24) is 0 Å². The van der Waals surface area contributed by atoms with Gasteiger partial charge in [-0.1, -0.05) is 91.0 Å². The van der Waals surface area contributed by atoms with Crippen LogP contribution in [-0.4, -0.2) is 0 Å². The molecule has 32 heavy (non-hydrogen) atoms. The number of fused-ring (bicyclic) bond motifs is 4. The first kappa shape index (κ1) is 18.7. The number of hydrogen-bond acceptors (Lipinski definition) is 2. The van der Waals surface area contributed by atoms with E-state index < -0.39 is 0 Å². The Hall–Kier alpha value is -4.04. The van der Waals surface area contributed by atoms with Crippen molar-refractivity contribution in [3.8, 4) is 11.1 Å². The molecule has 0 unspecified atom stereocenters. The maximum Gasteiger partial charge on any atom is 0.143 e. The fraction of sp³-hybridized carbons (Fsp3) is 0.0667. The average molecular weight is 414 g/mol. The molecule has 6 aromatic rings. The predicted molar refractivity (Wildman–Crippen MR) is 135 cm³/mol. The normalized spacial score (nSPS) is 11.4. The van der Waals surface area contributed by atoms with Crippen LogP contribution >= 0.6 is 0 Å². The molecule has 1 aromatic heterocycles. The van der Waals surface area contributed by atoms with Crippen LogP contribution in [0.3, 0.4) is 0 Å². The lowest BCUT2D eigenvalue weighted by atomic mass is 9.97. The molecule has 0 aliphatic heterocycles. The van der Waals surface area contributed by atoms with Crippen LogP contribution < -0.4 is 5.32 Å². The van der Waals surface area contributed by atoms with Gasteiger partial charge in [0.25, 0.3) is 0 Å². The molecule has 1 heterocycles. The van der Waals surface area contributed by atoms with Crippen molar-refractivity contribution < 1.29 is 4.42 Å². The zero-order valence-electron chi connectivity index (χ0n) is 17.9. The first-order valence-corrected chi connectivity index (χ1v) is 11.0. The molecule has 0 radical (unpaired) electrons. The number of aryl methyl sites for hydroxylation is 1. The van der Waals surface area contributed by atoms with Crippen LogP contribution in [0.25, 0.3) is 43.8 Å². The van der Waals surface area contributed by atoms with Crippen LogP contribution in [0.4, 0.5) is 5.69 Å². The van der Waals surface area contributed by atoms with E-state index in [0.717, 1.165) is 39.6 Å². The third kappa shape index (κ3) is 3.12. The molecule has 0 atom stereocenters. The van der Waals surface area contributed by atoms with E-state index in [1.54, 1.807) is 0 Å². The van der Waals surface area contributed by atoms with Crippen molar-refractivity contribution in [2.24, 2.45) is 0 Å². The highest BCUT2D eigenvalue weighted by molar-refractivity contribution is 6.10. The number of nitrogens with one attached hydrogen (secondary N) is 1. The van der Waals surface area contributed by atoms with Gasteiger partial charge in [0.05, 0.1) is 0 Å². The highest BCUT2D eigenvalue weighted by Gasteiger charge is 2.13. The molecule has 0 bridgehead atoms. The highest BCUT2D eigenvalue weighted by atomic mass is 16.3. The van der Waals surface area contributed by atoms with Crippen molar-refractivity contribution in [2.75, 3.05) is 5.32 Å². The van der Waals surface area contributed by atoms with E-state index in [9.17, 15) is 0 Å². The molecule has 0 saturated heterocycles. The van der Waals surface area contributed by atoms with E-state index in [4.69, 9.17) is 4.42 Å². The molecule has 154 valence electrons. The Labute approximate surface area is 187 Å². The van der Waals surface area contributed by atoms with Crippen LogP contribution in [0.2, 0.25) is 0 Å². The number of benzene rings is 5. The largest absolute Gasteiger partial charge is 0.455 e. The third-order valence-electron chi connectivity index (χ3n) is 6.26. The first-order valence-electron chi connectivity index (χ1n) is 11.0. The molecule has 1 N–H and O–H groups in total. The van der Waals surface area contributed by atoms with E-state index in [1.165, 1.54) is 27.6 Å². The topological polar surface area (TPSA) is 25.2 Å². The molecule has 6 rings (SSSR count). The summed E-state index contributed by atoms with van der Waals surface area (Å²) in [5.74, 6) is 0. The third-order valence-corrected chi connectivity index (χ3v) is 6.26. The van der Waals surface area contributed by atoms with Gasteiger partial charge in [-0.25, -0.2) is 0 Å². The van der Waals surface area contributed by atoms with E-state index in [1.807, 2.05) is 12.1 Å². The molecule has 2 nitrogen and oxygen atoms in total. The second kappa shape index (κ2) is 7.58. The number of anilines is 1. The fourth-order valence-corrected chi connectivity index (χ4v) is 4.59. The standard InChI is InChI=1S/C30H23NO/c1-20-14-15-22-16-17-23(18-27(22)29(20)31-19-21-8-3-2-4-9-21)24-11-7-12-26-25-10-5-6-13-28(25)32-30(24)26/h2-18,31H,19H2,1H3. The molecule has 0 saturated carbocycles. The molecule has 0 amide bonds. The van der Waals surface area contributed by atoms with Gasteiger partial charge in [-0.2, -0.15) is 0 Å². The molecule has 0 spiro atoms. The Morgan fingerprint density at radius 3 is 2.38 bits per heavy atom. The van der Waals surface area contributed by atoms with Crippen LogP contribution in [0, 0.1) is 6.92 Å². The fourth-order valence-electron chi connectivity index (χ4n) is 4.59. The summed E-state index contributed by atoms with van der Waals surface area (Å²) in [6.07, 6.45) is 0. The summed E-state index contributed by atoms with van der Waals surface area (Å²) in [6.45, 7) is 2.96. The van der Waals surface area contributed by atoms with Gasteiger partial charge in [0.15, 0.2) is 0 Å². The summed E-state index contributed by atoms with van der Waals surface area (Å²) in [5, 5.41) is 8.46. The summed E-state index contributed by atoms with van der Waals surface area (Å²) in [7, 11) is 0. The minimum atomic E-state index is 0.796. The number of rotatable bonds is 4. The van der Waals surface area contributed by atoms with Gasteiger partial charge in [0.1, 0.15) is 11.2 Å². The molecule has 0 aliphatic carbocycles. The van der Waals surface area contributed by atoms with E-state index in [2.05, 4.69) is 103 Å². The van der Waals surface area contributed by atoms with Gasteiger partial charge in [0, 0.05) is 34.0 Å².